The lowest BCUT2D eigenvalue weighted by atomic mass is 10.2. The lowest BCUT2D eigenvalue weighted by Gasteiger charge is -2.27. The van der Waals surface area contributed by atoms with Crippen LogP contribution >= 0.6 is 15.9 Å². The molecule has 1 fully saturated rings. The van der Waals surface area contributed by atoms with E-state index in [-0.39, 0.29) is 5.75 Å². The Labute approximate surface area is 117 Å². The minimum atomic E-state index is -3.23. The summed E-state index contributed by atoms with van der Waals surface area (Å²) >= 11 is 3.46. The van der Waals surface area contributed by atoms with Gasteiger partial charge >= 0.3 is 0 Å². The first-order valence-electron chi connectivity index (χ1n) is 5.98. The second-order valence-electron chi connectivity index (χ2n) is 4.45. The second-order valence-corrected chi connectivity index (χ2v) is 7.31. The minimum absolute atomic E-state index is 0.146. The maximum absolute atomic E-state index is 12.3. The van der Waals surface area contributed by atoms with Gasteiger partial charge in [-0.3, -0.25) is 4.31 Å². The Morgan fingerprint density at radius 2 is 2.11 bits per heavy atom. The average Bonchev–Trinajstić information content (AvgIpc) is 2.27. The van der Waals surface area contributed by atoms with E-state index in [9.17, 15) is 8.42 Å². The van der Waals surface area contributed by atoms with E-state index < -0.39 is 10.0 Å². The van der Waals surface area contributed by atoms with Crippen LogP contribution in [0.4, 0.5) is 5.69 Å². The van der Waals surface area contributed by atoms with E-state index in [1.807, 2.05) is 25.1 Å². The molecular weight excluding hydrogens is 316 g/mol. The molecule has 0 atom stereocenters. The first kappa shape index (κ1) is 13.8. The molecule has 1 aromatic carbocycles. The molecule has 18 heavy (non-hydrogen) atoms. The van der Waals surface area contributed by atoms with Gasteiger partial charge in [-0.1, -0.05) is 6.07 Å². The van der Waals surface area contributed by atoms with Crippen molar-refractivity contribution in [3.05, 3.63) is 28.2 Å². The first-order chi connectivity index (χ1) is 8.50. The number of sulfonamides is 1. The van der Waals surface area contributed by atoms with Gasteiger partial charge in [0.25, 0.3) is 0 Å². The highest BCUT2D eigenvalue weighted by atomic mass is 79.9. The third-order valence-corrected chi connectivity index (χ3v) is 5.37. The first-order valence-corrected chi connectivity index (χ1v) is 8.38. The van der Waals surface area contributed by atoms with Crippen LogP contribution in [-0.2, 0) is 10.0 Å². The number of anilines is 1. The van der Waals surface area contributed by atoms with E-state index in [1.54, 1.807) is 0 Å². The van der Waals surface area contributed by atoms with Crippen LogP contribution < -0.4 is 9.62 Å². The summed E-state index contributed by atoms with van der Waals surface area (Å²) in [7, 11) is -3.23. The molecule has 1 aliphatic heterocycles. The highest BCUT2D eigenvalue weighted by Crippen LogP contribution is 2.29. The summed E-state index contributed by atoms with van der Waals surface area (Å²) in [5.74, 6) is 0.146. The monoisotopic (exact) mass is 332 g/mol. The van der Waals surface area contributed by atoms with Crippen molar-refractivity contribution in [3.8, 4) is 0 Å². The molecule has 1 aliphatic rings. The molecule has 0 amide bonds. The van der Waals surface area contributed by atoms with Gasteiger partial charge in [-0.05, 0) is 53.5 Å². The van der Waals surface area contributed by atoms with Crippen LogP contribution in [0.3, 0.4) is 0 Å². The molecule has 0 spiro atoms. The molecule has 1 aromatic rings. The van der Waals surface area contributed by atoms with Crippen molar-refractivity contribution in [3.63, 3.8) is 0 Å². The SMILES string of the molecule is Cc1ccc(N2CCCNCCS2(=O)=O)c(Br)c1. The molecule has 2 rings (SSSR count). The van der Waals surface area contributed by atoms with Crippen molar-refractivity contribution in [2.24, 2.45) is 0 Å². The topological polar surface area (TPSA) is 49.4 Å². The Morgan fingerprint density at radius 1 is 1.33 bits per heavy atom. The molecule has 0 radical (unpaired) electrons. The van der Waals surface area contributed by atoms with Crippen molar-refractivity contribution >= 4 is 31.6 Å². The number of nitrogens with one attached hydrogen (secondary N) is 1. The summed E-state index contributed by atoms with van der Waals surface area (Å²) in [5.41, 5.74) is 1.85. The van der Waals surface area contributed by atoms with E-state index in [4.69, 9.17) is 0 Å². The quantitative estimate of drug-likeness (QED) is 0.854. The minimum Gasteiger partial charge on any atom is -0.316 e. The predicted molar refractivity (Wildman–Crippen MR) is 77.5 cm³/mol. The highest BCUT2D eigenvalue weighted by molar-refractivity contribution is 9.10. The van der Waals surface area contributed by atoms with Gasteiger partial charge in [0.05, 0.1) is 11.4 Å². The van der Waals surface area contributed by atoms with Gasteiger partial charge in [-0.25, -0.2) is 8.42 Å². The number of benzene rings is 1. The molecule has 6 heteroatoms. The zero-order valence-electron chi connectivity index (χ0n) is 10.3. The summed E-state index contributed by atoms with van der Waals surface area (Å²) in [6.45, 7) is 3.88. The summed E-state index contributed by atoms with van der Waals surface area (Å²) in [6, 6.07) is 5.75. The van der Waals surface area contributed by atoms with Crippen molar-refractivity contribution in [2.45, 2.75) is 13.3 Å². The number of halogens is 1. The molecule has 0 aromatic heterocycles. The van der Waals surface area contributed by atoms with Crippen molar-refractivity contribution in [1.29, 1.82) is 0 Å². The van der Waals surface area contributed by atoms with Gasteiger partial charge in [-0.2, -0.15) is 0 Å². The molecule has 1 heterocycles. The Bertz CT molecular complexity index is 531. The van der Waals surface area contributed by atoms with E-state index >= 15 is 0 Å². The molecule has 4 nitrogen and oxygen atoms in total. The lowest BCUT2D eigenvalue weighted by Crippen LogP contribution is -2.41. The van der Waals surface area contributed by atoms with Crippen molar-refractivity contribution in [1.82, 2.24) is 5.32 Å². The van der Waals surface area contributed by atoms with Gasteiger partial charge in [-0.15, -0.1) is 0 Å². The normalized spacial score (nSPS) is 20.2. The molecule has 0 aliphatic carbocycles. The molecule has 0 saturated carbocycles. The highest BCUT2D eigenvalue weighted by Gasteiger charge is 2.24. The second kappa shape index (κ2) is 5.59. The van der Waals surface area contributed by atoms with Gasteiger partial charge < -0.3 is 5.32 Å². The summed E-state index contributed by atoms with van der Waals surface area (Å²) < 4.78 is 26.9. The fourth-order valence-corrected chi connectivity index (χ4v) is 4.32. The van der Waals surface area contributed by atoms with E-state index in [0.717, 1.165) is 28.7 Å². The molecule has 1 N–H and O–H groups in total. The van der Waals surface area contributed by atoms with Gasteiger partial charge in [0, 0.05) is 17.6 Å². The van der Waals surface area contributed by atoms with Crippen molar-refractivity contribution in [2.75, 3.05) is 29.7 Å². The van der Waals surface area contributed by atoms with Crippen LogP contribution in [-0.4, -0.2) is 33.8 Å². The summed E-state index contributed by atoms with van der Waals surface area (Å²) in [5, 5.41) is 3.12. The van der Waals surface area contributed by atoms with Crippen LogP contribution in [0, 0.1) is 6.92 Å². The Morgan fingerprint density at radius 3 is 2.83 bits per heavy atom. The molecule has 0 bridgehead atoms. The predicted octanol–water partition coefficient (Wildman–Crippen LogP) is 1.89. The summed E-state index contributed by atoms with van der Waals surface area (Å²) in [6.07, 6.45) is 0.819. The van der Waals surface area contributed by atoms with Crippen LogP contribution in [0.2, 0.25) is 0 Å². The lowest BCUT2D eigenvalue weighted by molar-refractivity contribution is 0.572. The van der Waals surface area contributed by atoms with Crippen LogP contribution in [0.15, 0.2) is 22.7 Å². The number of rotatable bonds is 1. The molecular formula is C12H17BrN2O2S. The zero-order valence-corrected chi connectivity index (χ0v) is 12.7. The molecule has 1 saturated heterocycles. The Balaban J connectivity index is 2.38. The van der Waals surface area contributed by atoms with Crippen LogP contribution in [0.1, 0.15) is 12.0 Å². The van der Waals surface area contributed by atoms with Crippen LogP contribution in [0.5, 0.6) is 0 Å². The number of nitrogens with zero attached hydrogens (tertiary/aromatic N) is 1. The number of hydrogen-bond acceptors (Lipinski definition) is 3. The maximum Gasteiger partial charge on any atom is 0.236 e. The van der Waals surface area contributed by atoms with Gasteiger partial charge in [0.1, 0.15) is 0 Å². The van der Waals surface area contributed by atoms with Crippen molar-refractivity contribution < 1.29 is 8.42 Å². The summed E-state index contributed by atoms with van der Waals surface area (Å²) in [4.78, 5) is 0. The van der Waals surface area contributed by atoms with Crippen LogP contribution in [0.25, 0.3) is 0 Å². The third-order valence-electron chi connectivity index (χ3n) is 2.96. The molecule has 0 unspecified atom stereocenters. The molecule has 100 valence electrons. The Hall–Kier alpha value is -0.590. The fourth-order valence-electron chi connectivity index (χ4n) is 2.01. The van der Waals surface area contributed by atoms with E-state index in [0.29, 0.717) is 13.1 Å². The standard InChI is InChI=1S/C12H17BrN2O2S/c1-10-3-4-12(11(13)9-10)15-7-2-5-14-6-8-18(15,16)17/h3-4,9,14H,2,5-8H2,1H3. The largest absolute Gasteiger partial charge is 0.316 e. The van der Waals surface area contributed by atoms with E-state index in [1.165, 1.54) is 4.31 Å². The van der Waals surface area contributed by atoms with E-state index in [2.05, 4.69) is 21.2 Å². The average molecular weight is 333 g/mol. The Kier molecular flexibility index (Phi) is 4.29. The maximum atomic E-state index is 12.3. The smallest absolute Gasteiger partial charge is 0.236 e. The third kappa shape index (κ3) is 3.05. The number of hydrogen-bond donors (Lipinski definition) is 1. The number of aryl methyl sites for hydroxylation is 1. The zero-order chi connectivity index (χ0) is 13.2. The van der Waals surface area contributed by atoms with Gasteiger partial charge in [0.2, 0.25) is 10.0 Å². The fraction of sp³-hybridized carbons (Fsp3) is 0.500. The van der Waals surface area contributed by atoms with Gasteiger partial charge in [0.15, 0.2) is 0 Å².